The molecule has 0 saturated carbocycles. The van der Waals surface area contributed by atoms with Crippen LogP contribution in [-0.4, -0.2) is 35.3 Å². The minimum atomic E-state index is -4.52. The molecule has 100 valence electrons. The highest BCUT2D eigenvalue weighted by molar-refractivity contribution is 5.88. The van der Waals surface area contributed by atoms with Gasteiger partial charge in [0.1, 0.15) is 12.1 Å². The Labute approximate surface area is 99.9 Å². The van der Waals surface area contributed by atoms with E-state index in [9.17, 15) is 22.4 Å². The Kier molecular flexibility index (Phi) is 4.10. The summed E-state index contributed by atoms with van der Waals surface area (Å²) in [5.74, 6) is -3.44. The van der Waals surface area contributed by atoms with Crippen LogP contribution in [-0.2, 0) is 0 Å². The first-order chi connectivity index (χ1) is 8.26. The second-order valence-corrected chi connectivity index (χ2v) is 3.43. The Balaban J connectivity index is 3.14. The molecule has 0 radical (unpaired) electrons. The molecule has 1 N–H and O–H groups in total. The van der Waals surface area contributed by atoms with E-state index in [1.54, 1.807) is 0 Å². The number of alkyl halides is 3. The van der Waals surface area contributed by atoms with Gasteiger partial charge in [0.05, 0.1) is 0 Å². The van der Waals surface area contributed by atoms with E-state index in [1.807, 2.05) is 0 Å². The van der Waals surface area contributed by atoms with Crippen LogP contribution in [0.4, 0.5) is 23.4 Å². The summed E-state index contributed by atoms with van der Waals surface area (Å²) in [6, 6.07) is 0.891. The predicted octanol–water partition coefficient (Wildman–Crippen LogP) is 2.31. The van der Waals surface area contributed by atoms with Gasteiger partial charge in [-0.1, -0.05) is 0 Å². The molecule has 1 rings (SSSR count). The highest BCUT2D eigenvalue weighted by Gasteiger charge is 2.32. The number of rotatable bonds is 4. The topological polar surface area (TPSA) is 53.4 Å². The fraction of sp³-hybridized carbons (Fsp3) is 0.400. The number of anilines is 1. The normalized spacial score (nSPS) is 11.4. The average Bonchev–Trinajstić information content (AvgIpc) is 2.25. The third-order valence-corrected chi connectivity index (χ3v) is 2.15. The first-order valence-corrected chi connectivity index (χ1v) is 4.95. The maximum absolute atomic E-state index is 13.7. The van der Waals surface area contributed by atoms with Gasteiger partial charge < -0.3 is 10.0 Å². The monoisotopic (exact) mass is 266 g/mol. The lowest BCUT2D eigenvalue weighted by atomic mass is 10.2. The Bertz CT molecular complexity index is 448. The summed E-state index contributed by atoms with van der Waals surface area (Å²) in [5.41, 5.74) is -0.708. The van der Waals surface area contributed by atoms with Gasteiger partial charge in [-0.2, -0.15) is 13.2 Å². The molecule has 4 nitrogen and oxygen atoms in total. The number of halogens is 4. The molecule has 0 aliphatic rings. The molecule has 0 bridgehead atoms. The molecule has 0 atom stereocenters. The predicted molar refractivity (Wildman–Crippen MR) is 55.1 cm³/mol. The van der Waals surface area contributed by atoms with Crippen molar-refractivity contribution in [3.8, 4) is 0 Å². The molecular weight excluding hydrogens is 256 g/mol. The quantitative estimate of drug-likeness (QED) is 0.850. The Morgan fingerprint density at radius 3 is 2.56 bits per heavy atom. The van der Waals surface area contributed by atoms with Gasteiger partial charge in [0.15, 0.2) is 11.6 Å². The maximum atomic E-state index is 13.7. The smallest absolute Gasteiger partial charge is 0.405 e. The van der Waals surface area contributed by atoms with Crippen molar-refractivity contribution in [2.75, 3.05) is 18.0 Å². The van der Waals surface area contributed by atoms with E-state index in [-0.39, 0.29) is 6.54 Å². The van der Waals surface area contributed by atoms with Crippen LogP contribution in [0.15, 0.2) is 12.3 Å². The number of nitrogens with zero attached hydrogens (tertiary/aromatic N) is 2. The first kappa shape index (κ1) is 14.2. The van der Waals surface area contributed by atoms with Crippen LogP contribution in [0.2, 0.25) is 0 Å². The molecule has 0 amide bonds. The van der Waals surface area contributed by atoms with Gasteiger partial charge in [0.2, 0.25) is 0 Å². The zero-order valence-electron chi connectivity index (χ0n) is 9.33. The Hall–Kier alpha value is -1.86. The molecule has 1 heterocycles. The minimum Gasteiger partial charge on any atom is -0.478 e. The van der Waals surface area contributed by atoms with Crippen molar-refractivity contribution in [1.82, 2.24) is 4.98 Å². The Morgan fingerprint density at radius 1 is 1.50 bits per heavy atom. The van der Waals surface area contributed by atoms with Gasteiger partial charge >= 0.3 is 12.1 Å². The number of aromatic nitrogens is 1. The highest BCUT2D eigenvalue weighted by atomic mass is 19.4. The van der Waals surface area contributed by atoms with Gasteiger partial charge in [-0.05, 0) is 13.0 Å². The van der Waals surface area contributed by atoms with Crippen molar-refractivity contribution in [1.29, 1.82) is 0 Å². The van der Waals surface area contributed by atoms with E-state index in [4.69, 9.17) is 5.11 Å². The van der Waals surface area contributed by atoms with Crippen molar-refractivity contribution in [3.05, 3.63) is 23.6 Å². The molecule has 0 aromatic carbocycles. The lowest BCUT2D eigenvalue weighted by Crippen LogP contribution is -2.35. The second-order valence-electron chi connectivity index (χ2n) is 3.43. The van der Waals surface area contributed by atoms with Crippen LogP contribution in [0.5, 0.6) is 0 Å². The van der Waals surface area contributed by atoms with E-state index in [2.05, 4.69) is 4.98 Å². The summed E-state index contributed by atoms with van der Waals surface area (Å²) in [6.07, 6.45) is -3.57. The largest absolute Gasteiger partial charge is 0.478 e. The fourth-order valence-corrected chi connectivity index (χ4v) is 1.37. The van der Waals surface area contributed by atoms with E-state index in [0.29, 0.717) is 4.90 Å². The van der Waals surface area contributed by atoms with Gasteiger partial charge in [0.25, 0.3) is 0 Å². The zero-order chi connectivity index (χ0) is 13.9. The molecule has 1 aromatic rings. The summed E-state index contributed by atoms with van der Waals surface area (Å²) in [6.45, 7) is -0.150. The summed E-state index contributed by atoms with van der Waals surface area (Å²) in [5, 5.41) is 8.67. The highest BCUT2D eigenvalue weighted by Crippen LogP contribution is 2.24. The van der Waals surface area contributed by atoms with Crippen molar-refractivity contribution in [2.24, 2.45) is 0 Å². The number of carbonyl (C=O) groups is 1. The van der Waals surface area contributed by atoms with Gasteiger partial charge in [-0.15, -0.1) is 0 Å². The minimum absolute atomic E-state index is 0.146. The third kappa shape index (κ3) is 3.31. The number of hydrogen-bond donors (Lipinski definition) is 1. The number of carboxylic acids is 1. The molecule has 0 spiro atoms. The molecule has 0 fully saturated rings. The lowest BCUT2D eigenvalue weighted by molar-refractivity contribution is -0.119. The van der Waals surface area contributed by atoms with Crippen LogP contribution < -0.4 is 4.90 Å². The van der Waals surface area contributed by atoms with Crippen molar-refractivity contribution >= 4 is 11.8 Å². The van der Waals surface area contributed by atoms with Crippen molar-refractivity contribution in [3.63, 3.8) is 0 Å². The first-order valence-electron chi connectivity index (χ1n) is 4.95. The summed E-state index contributed by atoms with van der Waals surface area (Å²) in [7, 11) is 0. The number of pyridine rings is 1. The molecule has 8 heteroatoms. The standard InChI is InChI=1S/C10H10F4N2O2/c1-2-16(5-10(12,13)14)8-7(11)6(9(17)18)3-4-15-8/h3-4H,2,5H2,1H3,(H,17,18). The molecule has 18 heavy (non-hydrogen) atoms. The fourth-order valence-electron chi connectivity index (χ4n) is 1.37. The van der Waals surface area contributed by atoms with Crippen LogP contribution >= 0.6 is 0 Å². The lowest BCUT2D eigenvalue weighted by Gasteiger charge is -2.23. The van der Waals surface area contributed by atoms with E-state index >= 15 is 0 Å². The summed E-state index contributed by atoms with van der Waals surface area (Å²) in [4.78, 5) is 14.8. The van der Waals surface area contributed by atoms with Gasteiger partial charge in [0, 0.05) is 12.7 Å². The molecular formula is C10H10F4N2O2. The van der Waals surface area contributed by atoms with Gasteiger partial charge in [-0.25, -0.2) is 14.2 Å². The summed E-state index contributed by atoms with van der Waals surface area (Å²) < 4.78 is 50.5. The molecule has 1 aromatic heterocycles. The number of hydrogen-bond acceptors (Lipinski definition) is 3. The molecule has 0 unspecified atom stereocenters. The number of carboxylic acid groups (broad SMARTS) is 1. The zero-order valence-corrected chi connectivity index (χ0v) is 9.33. The van der Waals surface area contributed by atoms with Crippen molar-refractivity contribution < 1.29 is 27.5 Å². The third-order valence-electron chi connectivity index (χ3n) is 2.15. The van der Waals surface area contributed by atoms with E-state index in [1.165, 1.54) is 6.92 Å². The van der Waals surface area contributed by atoms with Crippen LogP contribution in [0.25, 0.3) is 0 Å². The van der Waals surface area contributed by atoms with Crippen molar-refractivity contribution in [2.45, 2.75) is 13.1 Å². The molecule has 0 aliphatic heterocycles. The van der Waals surface area contributed by atoms with E-state index < -0.39 is 35.9 Å². The maximum Gasteiger partial charge on any atom is 0.405 e. The Morgan fingerprint density at radius 2 is 2.11 bits per heavy atom. The van der Waals surface area contributed by atoms with Gasteiger partial charge in [-0.3, -0.25) is 0 Å². The average molecular weight is 266 g/mol. The van der Waals surface area contributed by atoms with Crippen LogP contribution in [0.1, 0.15) is 17.3 Å². The summed E-state index contributed by atoms with van der Waals surface area (Å²) >= 11 is 0. The molecule has 0 saturated heterocycles. The SMILES string of the molecule is CCN(CC(F)(F)F)c1nccc(C(=O)O)c1F. The van der Waals surface area contributed by atoms with Crippen LogP contribution in [0, 0.1) is 5.82 Å². The van der Waals surface area contributed by atoms with Crippen LogP contribution in [0.3, 0.4) is 0 Å². The van der Waals surface area contributed by atoms with E-state index in [0.717, 1.165) is 12.3 Å². The number of aromatic carboxylic acids is 1. The molecule has 0 aliphatic carbocycles. The second kappa shape index (κ2) is 5.19.